The van der Waals surface area contributed by atoms with Crippen LogP contribution in [-0.2, 0) is 4.74 Å². The summed E-state index contributed by atoms with van der Waals surface area (Å²) in [6, 6.07) is 2.05. The lowest BCUT2D eigenvalue weighted by Crippen LogP contribution is -2.13. The highest BCUT2D eigenvalue weighted by molar-refractivity contribution is 9.10. The van der Waals surface area contributed by atoms with E-state index >= 15 is 0 Å². The zero-order chi connectivity index (χ0) is 12.0. The lowest BCUT2D eigenvalue weighted by atomic mass is 10.2. The average Bonchev–Trinajstić information content (AvgIpc) is 2.20. The zero-order valence-corrected chi connectivity index (χ0v) is 11.7. The number of aromatic nitrogens is 1. The number of anilines is 1. The molecule has 0 unspecified atom stereocenters. The van der Waals surface area contributed by atoms with Crippen LogP contribution >= 0.6 is 15.9 Å². The number of hydrogen-bond acceptors (Lipinski definition) is 3. The number of pyridine rings is 1. The minimum absolute atomic E-state index is 0.590. The van der Waals surface area contributed by atoms with Crippen molar-refractivity contribution in [3.05, 3.63) is 22.3 Å². The summed E-state index contributed by atoms with van der Waals surface area (Å²) in [4.78, 5) is 4.30. The molecule has 1 heterocycles. The average molecular weight is 287 g/mol. The molecule has 0 aliphatic rings. The predicted molar refractivity (Wildman–Crippen MR) is 70.8 cm³/mol. The van der Waals surface area contributed by atoms with Crippen molar-refractivity contribution in [3.63, 3.8) is 0 Å². The Kier molecular flexibility index (Phi) is 5.77. The molecule has 0 aliphatic heterocycles. The summed E-state index contributed by atoms with van der Waals surface area (Å²) in [6.07, 6.45) is 1.80. The molecule has 0 radical (unpaired) electrons. The van der Waals surface area contributed by atoms with Gasteiger partial charge < -0.3 is 10.1 Å². The van der Waals surface area contributed by atoms with Gasteiger partial charge in [0, 0.05) is 23.8 Å². The molecule has 0 atom stereocenters. The van der Waals surface area contributed by atoms with Crippen LogP contribution in [0.25, 0.3) is 0 Å². The molecule has 0 saturated heterocycles. The van der Waals surface area contributed by atoms with E-state index in [4.69, 9.17) is 4.74 Å². The van der Waals surface area contributed by atoms with Crippen molar-refractivity contribution in [2.45, 2.75) is 20.8 Å². The molecule has 0 bridgehead atoms. The highest BCUT2D eigenvalue weighted by Crippen LogP contribution is 2.16. The molecule has 0 aliphatic carbocycles. The monoisotopic (exact) mass is 286 g/mol. The first-order chi connectivity index (χ1) is 7.59. The summed E-state index contributed by atoms with van der Waals surface area (Å²) in [5.41, 5.74) is 1.14. The van der Waals surface area contributed by atoms with Crippen LogP contribution in [0, 0.1) is 12.8 Å². The molecule has 90 valence electrons. The van der Waals surface area contributed by atoms with Gasteiger partial charge in [-0.3, -0.25) is 0 Å². The topological polar surface area (TPSA) is 34.2 Å². The van der Waals surface area contributed by atoms with Crippen molar-refractivity contribution in [2.75, 3.05) is 25.1 Å². The Labute approximate surface area is 106 Å². The van der Waals surface area contributed by atoms with Crippen molar-refractivity contribution < 1.29 is 4.74 Å². The third-order valence-corrected chi connectivity index (χ3v) is 2.47. The number of aryl methyl sites for hydroxylation is 1. The molecule has 1 rings (SSSR count). The van der Waals surface area contributed by atoms with E-state index in [-0.39, 0.29) is 0 Å². The van der Waals surface area contributed by atoms with Gasteiger partial charge in [-0.2, -0.15) is 0 Å². The Balaban J connectivity index is 2.27. The van der Waals surface area contributed by atoms with E-state index in [1.54, 1.807) is 6.20 Å². The Hall–Kier alpha value is -0.610. The van der Waals surface area contributed by atoms with E-state index in [1.807, 2.05) is 13.0 Å². The second kappa shape index (κ2) is 6.86. The van der Waals surface area contributed by atoms with Gasteiger partial charge in [-0.25, -0.2) is 4.98 Å². The van der Waals surface area contributed by atoms with E-state index < -0.39 is 0 Å². The smallest absolute Gasteiger partial charge is 0.128 e. The molecule has 0 fully saturated rings. The van der Waals surface area contributed by atoms with E-state index in [2.05, 4.69) is 40.1 Å². The standard InChI is InChI=1S/C12H19BrN2O/c1-9(2)8-16-5-4-14-12-10(3)6-11(13)7-15-12/h6-7,9H,4-5,8H2,1-3H3,(H,14,15). The molecule has 0 saturated carbocycles. The first kappa shape index (κ1) is 13.5. The highest BCUT2D eigenvalue weighted by Gasteiger charge is 1.99. The summed E-state index contributed by atoms with van der Waals surface area (Å²) in [5.74, 6) is 1.52. The number of ether oxygens (including phenoxy) is 1. The van der Waals surface area contributed by atoms with Crippen LogP contribution in [0.4, 0.5) is 5.82 Å². The number of halogens is 1. The molecule has 3 nitrogen and oxygen atoms in total. The molecule has 4 heteroatoms. The van der Waals surface area contributed by atoms with Crippen LogP contribution in [0.5, 0.6) is 0 Å². The van der Waals surface area contributed by atoms with Gasteiger partial charge in [-0.1, -0.05) is 13.8 Å². The predicted octanol–water partition coefficient (Wildman–Crippen LogP) is 3.24. The molecule has 0 spiro atoms. The summed E-state index contributed by atoms with van der Waals surface area (Å²) in [6.45, 7) is 8.66. The van der Waals surface area contributed by atoms with Crippen molar-refractivity contribution in [2.24, 2.45) is 5.92 Å². The maximum atomic E-state index is 5.48. The fourth-order valence-electron chi connectivity index (χ4n) is 1.29. The van der Waals surface area contributed by atoms with E-state index in [9.17, 15) is 0 Å². The van der Waals surface area contributed by atoms with Crippen LogP contribution in [0.1, 0.15) is 19.4 Å². The number of rotatable bonds is 6. The van der Waals surface area contributed by atoms with Crippen molar-refractivity contribution in [1.82, 2.24) is 4.98 Å². The summed E-state index contributed by atoms with van der Waals surface area (Å²) in [5, 5.41) is 3.26. The van der Waals surface area contributed by atoms with Crippen LogP contribution in [0.15, 0.2) is 16.7 Å². The fourth-order valence-corrected chi connectivity index (χ4v) is 1.73. The molecule has 1 aromatic heterocycles. The minimum atomic E-state index is 0.590. The van der Waals surface area contributed by atoms with E-state index in [0.29, 0.717) is 5.92 Å². The van der Waals surface area contributed by atoms with Gasteiger partial charge in [0.1, 0.15) is 5.82 Å². The lowest BCUT2D eigenvalue weighted by Gasteiger charge is -2.10. The molecule has 1 N–H and O–H groups in total. The summed E-state index contributed by atoms with van der Waals surface area (Å²) < 4.78 is 6.49. The van der Waals surface area contributed by atoms with E-state index in [1.165, 1.54) is 0 Å². The van der Waals surface area contributed by atoms with Crippen LogP contribution in [0.2, 0.25) is 0 Å². The van der Waals surface area contributed by atoms with Crippen molar-refractivity contribution in [1.29, 1.82) is 0 Å². The van der Waals surface area contributed by atoms with Crippen molar-refractivity contribution >= 4 is 21.7 Å². The van der Waals surface area contributed by atoms with Gasteiger partial charge in [0.2, 0.25) is 0 Å². The Bertz CT molecular complexity index is 329. The first-order valence-electron chi connectivity index (χ1n) is 5.53. The molecule has 0 aromatic carbocycles. The Morgan fingerprint density at radius 3 is 2.88 bits per heavy atom. The number of nitrogens with zero attached hydrogens (tertiary/aromatic N) is 1. The molecular formula is C12H19BrN2O. The molecule has 16 heavy (non-hydrogen) atoms. The van der Waals surface area contributed by atoms with Gasteiger partial charge >= 0.3 is 0 Å². The minimum Gasteiger partial charge on any atom is -0.379 e. The second-order valence-electron chi connectivity index (χ2n) is 4.21. The Morgan fingerprint density at radius 1 is 1.50 bits per heavy atom. The molecular weight excluding hydrogens is 268 g/mol. The SMILES string of the molecule is Cc1cc(Br)cnc1NCCOCC(C)C. The largest absolute Gasteiger partial charge is 0.379 e. The van der Waals surface area contributed by atoms with Crippen LogP contribution in [-0.4, -0.2) is 24.7 Å². The van der Waals surface area contributed by atoms with Crippen LogP contribution < -0.4 is 5.32 Å². The molecule has 1 aromatic rings. The van der Waals surface area contributed by atoms with Gasteiger partial charge in [0.05, 0.1) is 6.61 Å². The maximum Gasteiger partial charge on any atom is 0.128 e. The van der Waals surface area contributed by atoms with E-state index in [0.717, 1.165) is 35.6 Å². The van der Waals surface area contributed by atoms with Gasteiger partial charge in [-0.05, 0) is 40.4 Å². The summed E-state index contributed by atoms with van der Waals surface area (Å²) in [7, 11) is 0. The van der Waals surface area contributed by atoms with Crippen LogP contribution in [0.3, 0.4) is 0 Å². The highest BCUT2D eigenvalue weighted by atomic mass is 79.9. The number of nitrogens with one attached hydrogen (secondary N) is 1. The normalized spacial score (nSPS) is 10.8. The van der Waals surface area contributed by atoms with Crippen molar-refractivity contribution in [3.8, 4) is 0 Å². The third kappa shape index (κ3) is 4.94. The maximum absolute atomic E-state index is 5.48. The van der Waals surface area contributed by atoms with Gasteiger partial charge in [0.25, 0.3) is 0 Å². The Morgan fingerprint density at radius 2 is 2.25 bits per heavy atom. The zero-order valence-electron chi connectivity index (χ0n) is 10.1. The fraction of sp³-hybridized carbons (Fsp3) is 0.583. The summed E-state index contributed by atoms with van der Waals surface area (Å²) >= 11 is 3.39. The quantitative estimate of drug-likeness (QED) is 0.816. The first-order valence-corrected chi connectivity index (χ1v) is 6.32. The third-order valence-electron chi connectivity index (χ3n) is 2.03. The van der Waals surface area contributed by atoms with Gasteiger partial charge in [-0.15, -0.1) is 0 Å². The molecule has 0 amide bonds. The van der Waals surface area contributed by atoms with Gasteiger partial charge in [0.15, 0.2) is 0 Å². The second-order valence-corrected chi connectivity index (χ2v) is 5.13. The number of hydrogen-bond donors (Lipinski definition) is 1. The lowest BCUT2D eigenvalue weighted by molar-refractivity contribution is 0.118.